The molecular weight excluding hydrogens is 410 g/mol. The van der Waals surface area contributed by atoms with Crippen LogP contribution in [0.1, 0.15) is 6.42 Å². The minimum Gasteiger partial charge on any atom is -0.497 e. The number of rotatable bonds is 8. The summed E-state index contributed by atoms with van der Waals surface area (Å²) in [5, 5.41) is 5.52. The minimum atomic E-state index is -0.764. The van der Waals surface area contributed by atoms with Crippen LogP contribution < -0.4 is 21.1 Å². The number of thioether (sulfide) groups is 1. The Bertz CT molecular complexity index is 788. The zero-order valence-corrected chi connectivity index (χ0v) is 18.0. The number of carbonyl (C=O) groups excluding carboxylic acids is 4. The van der Waals surface area contributed by atoms with Gasteiger partial charge in [0.25, 0.3) is 0 Å². The van der Waals surface area contributed by atoms with Crippen LogP contribution in [0.2, 0.25) is 0 Å². The number of ether oxygens (including phenoxy) is 1. The van der Waals surface area contributed by atoms with Gasteiger partial charge in [0.1, 0.15) is 11.8 Å². The first-order valence-corrected chi connectivity index (χ1v) is 10.7. The molecule has 1 heterocycles. The van der Waals surface area contributed by atoms with Gasteiger partial charge in [0.05, 0.1) is 25.4 Å². The van der Waals surface area contributed by atoms with E-state index in [4.69, 9.17) is 10.5 Å². The van der Waals surface area contributed by atoms with Gasteiger partial charge in [0.15, 0.2) is 0 Å². The molecule has 5 amide bonds. The van der Waals surface area contributed by atoms with Gasteiger partial charge in [0.2, 0.25) is 17.7 Å². The van der Waals surface area contributed by atoms with Crippen LogP contribution in [0.25, 0.3) is 0 Å². The average molecular weight is 438 g/mol. The van der Waals surface area contributed by atoms with Gasteiger partial charge >= 0.3 is 6.03 Å². The fourth-order valence-corrected chi connectivity index (χ4v) is 3.66. The highest BCUT2D eigenvalue weighted by molar-refractivity contribution is 7.99. The maximum absolute atomic E-state index is 12.8. The number of amides is 5. The molecule has 4 N–H and O–H groups in total. The highest BCUT2D eigenvalue weighted by Gasteiger charge is 2.41. The quantitative estimate of drug-likeness (QED) is 0.528. The second-order valence-corrected chi connectivity index (χ2v) is 7.78. The van der Waals surface area contributed by atoms with Crippen molar-refractivity contribution in [1.29, 1.82) is 0 Å². The Labute approximate surface area is 179 Å². The number of benzene rings is 1. The fraction of sp³-hybridized carbons (Fsp3) is 0.474. The van der Waals surface area contributed by atoms with Crippen molar-refractivity contribution in [3.63, 3.8) is 0 Å². The Morgan fingerprint density at radius 1 is 1.27 bits per heavy atom. The third-order valence-electron chi connectivity index (χ3n) is 4.63. The Morgan fingerprint density at radius 2 is 1.93 bits per heavy atom. The predicted molar refractivity (Wildman–Crippen MR) is 114 cm³/mol. The van der Waals surface area contributed by atoms with Gasteiger partial charge in [-0.3, -0.25) is 14.4 Å². The molecule has 1 aliphatic rings. The van der Waals surface area contributed by atoms with Crippen LogP contribution in [-0.2, 0) is 14.4 Å². The molecule has 1 aromatic carbocycles. The lowest BCUT2D eigenvalue weighted by Crippen LogP contribution is -2.48. The number of likely N-dealkylation sites (tertiary alicyclic amines) is 1. The topological polar surface area (TPSA) is 134 Å². The molecule has 1 aliphatic heterocycles. The molecule has 1 aromatic rings. The van der Waals surface area contributed by atoms with E-state index in [9.17, 15) is 19.2 Å². The van der Waals surface area contributed by atoms with E-state index in [-0.39, 0.29) is 37.1 Å². The van der Waals surface area contributed by atoms with Crippen molar-refractivity contribution < 1.29 is 23.9 Å². The summed E-state index contributed by atoms with van der Waals surface area (Å²) in [5.74, 6) is -0.342. The number of carbonyl (C=O) groups is 4. The maximum Gasteiger partial charge on any atom is 0.319 e. The largest absolute Gasteiger partial charge is 0.497 e. The lowest BCUT2D eigenvalue weighted by atomic mass is 10.1. The van der Waals surface area contributed by atoms with Crippen molar-refractivity contribution >= 4 is 41.2 Å². The van der Waals surface area contributed by atoms with Crippen molar-refractivity contribution in [3.05, 3.63) is 24.3 Å². The smallest absolute Gasteiger partial charge is 0.319 e. The normalized spacial score (nSPS) is 17.9. The summed E-state index contributed by atoms with van der Waals surface area (Å²) in [6, 6.07) is 5.22. The Morgan fingerprint density at radius 3 is 2.50 bits per heavy atom. The number of anilines is 1. The van der Waals surface area contributed by atoms with Gasteiger partial charge in [-0.25, -0.2) is 4.79 Å². The Balaban J connectivity index is 2.03. The Kier molecular flexibility index (Phi) is 8.34. The van der Waals surface area contributed by atoms with E-state index in [1.54, 1.807) is 37.6 Å². The average Bonchev–Trinajstić information content (AvgIpc) is 3.11. The molecule has 1 saturated heterocycles. The second-order valence-electron chi connectivity index (χ2n) is 6.92. The summed E-state index contributed by atoms with van der Waals surface area (Å²) in [6.45, 7) is -0.0355. The van der Waals surface area contributed by atoms with Gasteiger partial charge in [-0.1, -0.05) is 0 Å². The molecule has 10 nitrogen and oxygen atoms in total. The predicted octanol–water partition coefficient (Wildman–Crippen LogP) is 0.0929. The molecule has 0 aliphatic carbocycles. The summed E-state index contributed by atoms with van der Waals surface area (Å²) in [7, 11) is 3.01. The number of nitrogens with two attached hydrogens (primary N) is 1. The van der Waals surface area contributed by atoms with Crippen molar-refractivity contribution in [2.45, 2.75) is 18.5 Å². The van der Waals surface area contributed by atoms with Crippen molar-refractivity contribution in [3.8, 4) is 5.75 Å². The molecular formula is C19H27N5O5S. The fourth-order valence-electron chi connectivity index (χ4n) is 3.25. The summed E-state index contributed by atoms with van der Waals surface area (Å²) in [6.07, 6.45) is 2.04. The van der Waals surface area contributed by atoms with E-state index in [1.165, 1.54) is 28.6 Å². The summed E-state index contributed by atoms with van der Waals surface area (Å²) in [5.41, 5.74) is 5.75. The number of methoxy groups -OCH3 is 1. The van der Waals surface area contributed by atoms with Crippen LogP contribution in [0, 0.1) is 0 Å². The molecule has 0 spiro atoms. The highest BCUT2D eigenvalue weighted by Crippen LogP contribution is 2.21. The van der Waals surface area contributed by atoms with Gasteiger partial charge in [-0.05, 0) is 36.9 Å². The molecule has 0 radical (unpaired) electrons. The molecule has 30 heavy (non-hydrogen) atoms. The molecule has 0 bridgehead atoms. The molecule has 1 fully saturated rings. The molecule has 2 rings (SSSR count). The third kappa shape index (κ3) is 6.28. The molecule has 2 atom stereocenters. The van der Waals surface area contributed by atoms with Crippen molar-refractivity contribution in [2.75, 3.05) is 44.6 Å². The lowest BCUT2D eigenvalue weighted by molar-refractivity contribution is -0.142. The minimum absolute atomic E-state index is 0.201. The molecule has 2 unspecified atom stereocenters. The first kappa shape index (κ1) is 23.3. The first-order chi connectivity index (χ1) is 14.2. The van der Waals surface area contributed by atoms with Crippen molar-refractivity contribution in [2.24, 2.45) is 5.73 Å². The monoisotopic (exact) mass is 437 g/mol. The molecule has 0 saturated carbocycles. The van der Waals surface area contributed by atoms with E-state index in [0.29, 0.717) is 11.4 Å². The second kappa shape index (κ2) is 10.7. The van der Waals surface area contributed by atoms with Crippen LogP contribution in [0.3, 0.4) is 0 Å². The SMILES string of the molecule is COc1ccc(NC(=O)NC2CC(C(=O)N(C)CC(N)=O)N(C(=O)CSC)C2)cc1. The van der Waals surface area contributed by atoms with E-state index in [1.807, 2.05) is 0 Å². The summed E-state index contributed by atoms with van der Waals surface area (Å²) in [4.78, 5) is 51.4. The molecule has 0 aromatic heterocycles. The number of likely N-dealkylation sites (N-methyl/N-ethyl adjacent to an activating group) is 1. The third-order valence-corrected chi connectivity index (χ3v) is 5.16. The van der Waals surface area contributed by atoms with E-state index in [0.717, 1.165) is 0 Å². The number of primary amides is 1. The Hall–Kier alpha value is -2.95. The number of urea groups is 1. The zero-order chi connectivity index (χ0) is 22.3. The van der Waals surface area contributed by atoms with Gasteiger partial charge in [-0.2, -0.15) is 11.8 Å². The molecule has 11 heteroatoms. The van der Waals surface area contributed by atoms with Crippen LogP contribution in [0.4, 0.5) is 10.5 Å². The van der Waals surface area contributed by atoms with E-state index < -0.39 is 24.0 Å². The number of hydrogen-bond acceptors (Lipinski definition) is 6. The van der Waals surface area contributed by atoms with Gasteiger partial charge < -0.3 is 30.9 Å². The van der Waals surface area contributed by atoms with Crippen LogP contribution in [0.5, 0.6) is 5.75 Å². The van der Waals surface area contributed by atoms with Crippen molar-refractivity contribution in [1.82, 2.24) is 15.1 Å². The maximum atomic E-state index is 12.8. The van der Waals surface area contributed by atoms with Crippen LogP contribution >= 0.6 is 11.8 Å². The summed E-state index contributed by atoms with van der Waals surface area (Å²) < 4.78 is 5.08. The van der Waals surface area contributed by atoms with Crippen LogP contribution in [0.15, 0.2) is 24.3 Å². The number of nitrogens with zero attached hydrogens (tertiary/aromatic N) is 2. The number of hydrogen-bond donors (Lipinski definition) is 3. The standard InChI is InChI=1S/C19H27N5O5S/c1-23(10-16(20)25)18(27)15-8-13(9-24(15)17(26)11-30-3)22-19(28)21-12-4-6-14(29-2)7-5-12/h4-7,13,15H,8-11H2,1-3H3,(H2,20,25)(H2,21,22,28). The number of nitrogens with one attached hydrogen (secondary N) is 2. The summed E-state index contributed by atoms with van der Waals surface area (Å²) >= 11 is 1.35. The van der Waals surface area contributed by atoms with Gasteiger partial charge in [-0.15, -0.1) is 0 Å². The van der Waals surface area contributed by atoms with Crippen LogP contribution in [-0.4, -0.2) is 84.9 Å². The lowest BCUT2D eigenvalue weighted by Gasteiger charge is -2.27. The van der Waals surface area contributed by atoms with E-state index in [2.05, 4.69) is 10.6 Å². The zero-order valence-electron chi connectivity index (χ0n) is 17.2. The van der Waals surface area contributed by atoms with E-state index >= 15 is 0 Å². The first-order valence-electron chi connectivity index (χ1n) is 9.28. The molecule has 164 valence electrons. The van der Waals surface area contributed by atoms with Gasteiger partial charge in [0, 0.05) is 19.3 Å². The highest BCUT2D eigenvalue weighted by atomic mass is 32.2.